The second kappa shape index (κ2) is 6.83. The number of alkyl halides is 3. The summed E-state index contributed by atoms with van der Waals surface area (Å²) < 4.78 is 41.0. The summed E-state index contributed by atoms with van der Waals surface area (Å²) in [6.07, 6.45) is -0.881. The van der Waals surface area contributed by atoms with Gasteiger partial charge in [-0.25, -0.2) is 0 Å². The van der Waals surface area contributed by atoms with Crippen LogP contribution in [0, 0.1) is 0 Å². The van der Waals surface area contributed by atoms with Gasteiger partial charge in [0.05, 0.1) is 11.3 Å². The van der Waals surface area contributed by atoms with Crippen molar-refractivity contribution in [3.05, 3.63) is 78.1 Å². The van der Waals surface area contributed by atoms with E-state index >= 15 is 0 Å². The van der Waals surface area contributed by atoms with Crippen LogP contribution in [0.4, 0.5) is 24.5 Å². The van der Waals surface area contributed by atoms with Crippen molar-refractivity contribution in [2.45, 2.75) is 6.18 Å². The maximum absolute atomic E-state index is 13.0. The molecule has 0 bridgehead atoms. The highest BCUT2D eigenvalue weighted by atomic mass is 19.4. The summed E-state index contributed by atoms with van der Waals surface area (Å²) in [6, 6.07) is 13.7. The Kier molecular flexibility index (Phi) is 4.57. The Balaban J connectivity index is 1.71. The van der Waals surface area contributed by atoms with Crippen LogP contribution in [-0.2, 0) is 6.18 Å². The van der Waals surface area contributed by atoms with Crippen LogP contribution in [0.1, 0.15) is 15.9 Å². The predicted octanol–water partition coefficient (Wildman–Crippen LogP) is 3.84. The molecule has 8 heteroatoms. The van der Waals surface area contributed by atoms with Gasteiger partial charge in [0.2, 0.25) is 0 Å². The third kappa shape index (κ3) is 3.80. The Bertz CT molecular complexity index is 903. The van der Waals surface area contributed by atoms with Crippen molar-refractivity contribution in [1.82, 2.24) is 9.99 Å². The van der Waals surface area contributed by atoms with Crippen molar-refractivity contribution >= 4 is 17.3 Å². The van der Waals surface area contributed by atoms with E-state index in [1.807, 2.05) is 29.1 Å². The van der Waals surface area contributed by atoms with Crippen LogP contribution >= 0.6 is 0 Å². The predicted molar refractivity (Wildman–Crippen MR) is 92.7 cm³/mol. The second-order valence-electron chi connectivity index (χ2n) is 5.52. The lowest BCUT2D eigenvalue weighted by molar-refractivity contribution is -0.136. The molecule has 3 aromatic rings. The molecular formula is C18H15F3N4O. The minimum atomic E-state index is -4.60. The summed E-state index contributed by atoms with van der Waals surface area (Å²) in [4.78, 5) is 12.2. The molecule has 5 nitrogen and oxygen atoms in total. The fourth-order valence-electron chi connectivity index (χ4n) is 2.39. The molecule has 1 aromatic heterocycles. The number of nitrogen functional groups attached to an aromatic ring is 1. The zero-order valence-corrected chi connectivity index (χ0v) is 13.4. The van der Waals surface area contributed by atoms with Crippen LogP contribution in [0.3, 0.4) is 0 Å². The number of nitrogens with zero attached hydrogens (tertiary/aromatic N) is 1. The highest BCUT2D eigenvalue weighted by molar-refractivity contribution is 5.95. The summed E-state index contributed by atoms with van der Waals surface area (Å²) in [7, 11) is 0. The molecule has 1 heterocycles. The van der Waals surface area contributed by atoms with Crippen molar-refractivity contribution in [3.8, 4) is 5.69 Å². The van der Waals surface area contributed by atoms with Gasteiger partial charge in [-0.2, -0.15) is 13.2 Å². The van der Waals surface area contributed by atoms with Crippen molar-refractivity contribution in [2.75, 3.05) is 11.2 Å². The average molecular weight is 360 g/mol. The topological polar surface area (TPSA) is 72.1 Å². The molecule has 1 amide bonds. The van der Waals surface area contributed by atoms with Gasteiger partial charge >= 0.3 is 6.18 Å². The summed E-state index contributed by atoms with van der Waals surface area (Å²) in [6.45, 7) is 0. The zero-order chi connectivity index (χ0) is 18.7. The Labute approximate surface area is 147 Å². The van der Waals surface area contributed by atoms with E-state index in [0.717, 1.165) is 17.8 Å². The molecule has 0 spiro atoms. The quantitative estimate of drug-likeness (QED) is 0.489. The van der Waals surface area contributed by atoms with Crippen LogP contribution < -0.4 is 16.6 Å². The first kappa shape index (κ1) is 17.4. The monoisotopic (exact) mass is 360 g/mol. The standard InChI is InChI=1S/C18H15F3N4O/c19-18(20,21)15-11-13(22)5-8-16(15)23-24-17(26)12-3-6-14(7-4-12)25-9-1-2-10-25/h1-11,23H,22H2,(H,24,26). The Morgan fingerprint density at radius 1 is 1.00 bits per heavy atom. The van der Waals surface area contributed by atoms with Crippen LogP contribution in [0.15, 0.2) is 67.0 Å². The number of rotatable bonds is 4. The number of nitrogens with one attached hydrogen (secondary N) is 2. The van der Waals surface area contributed by atoms with Crippen LogP contribution in [0.5, 0.6) is 0 Å². The molecule has 0 radical (unpaired) electrons. The molecule has 26 heavy (non-hydrogen) atoms. The Morgan fingerprint density at radius 3 is 2.27 bits per heavy atom. The van der Waals surface area contributed by atoms with Crippen molar-refractivity contribution in [1.29, 1.82) is 0 Å². The highest BCUT2D eigenvalue weighted by Gasteiger charge is 2.33. The van der Waals surface area contributed by atoms with E-state index in [1.54, 1.807) is 24.3 Å². The molecule has 134 valence electrons. The summed E-state index contributed by atoms with van der Waals surface area (Å²) in [5.41, 5.74) is 9.88. The lowest BCUT2D eigenvalue weighted by Gasteiger charge is -2.16. The minimum Gasteiger partial charge on any atom is -0.399 e. The first-order valence-electron chi connectivity index (χ1n) is 7.61. The number of hydrogen-bond donors (Lipinski definition) is 3. The van der Waals surface area contributed by atoms with Gasteiger partial charge in [0.1, 0.15) is 0 Å². The molecule has 0 atom stereocenters. The number of aromatic nitrogens is 1. The van der Waals surface area contributed by atoms with E-state index in [9.17, 15) is 18.0 Å². The fraction of sp³-hybridized carbons (Fsp3) is 0.0556. The van der Waals surface area contributed by atoms with E-state index in [0.29, 0.717) is 5.56 Å². The van der Waals surface area contributed by atoms with Gasteiger partial charge in [0, 0.05) is 29.3 Å². The van der Waals surface area contributed by atoms with Gasteiger partial charge in [-0.05, 0) is 54.6 Å². The molecule has 0 aliphatic rings. The molecule has 0 fully saturated rings. The lowest BCUT2D eigenvalue weighted by Crippen LogP contribution is -2.30. The van der Waals surface area contributed by atoms with Gasteiger partial charge in [0.15, 0.2) is 0 Å². The highest BCUT2D eigenvalue weighted by Crippen LogP contribution is 2.35. The van der Waals surface area contributed by atoms with Crippen LogP contribution in [-0.4, -0.2) is 10.5 Å². The van der Waals surface area contributed by atoms with E-state index in [2.05, 4.69) is 10.9 Å². The third-order valence-electron chi connectivity index (χ3n) is 3.69. The second-order valence-corrected chi connectivity index (χ2v) is 5.52. The molecule has 0 unspecified atom stereocenters. The first-order chi connectivity index (χ1) is 12.3. The summed E-state index contributed by atoms with van der Waals surface area (Å²) >= 11 is 0. The molecule has 3 rings (SSSR count). The van der Waals surface area contributed by atoms with Crippen molar-refractivity contribution in [2.24, 2.45) is 0 Å². The Morgan fingerprint density at radius 2 is 1.65 bits per heavy atom. The minimum absolute atomic E-state index is 0.0187. The van der Waals surface area contributed by atoms with Gasteiger partial charge in [-0.3, -0.25) is 15.6 Å². The number of halogens is 3. The maximum atomic E-state index is 13.0. The van der Waals surface area contributed by atoms with E-state index < -0.39 is 17.6 Å². The number of carbonyl (C=O) groups excluding carboxylic acids is 1. The number of benzene rings is 2. The molecule has 2 aromatic carbocycles. The van der Waals surface area contributed by atoms with Crippen molar-refractivity contribution < 1.29 is 18.0 Å². The van der Waals surface area contributed by atoms with Crippen LogP contribution in [0.25, 0.3) is 5.69 Å². The van der Waals surface area contributed by atoms with Gasteiger partial charge in [-0.15, -0.1) is 0 Å². The molecule has 0 saturated heterocycles. The van der Waals surface area contributed by atoms with E-state index in [4.69, 9.17) is 5.73 Å². The summed E-state index contributed by atoms with van der Waals surface area (Å²) in [5, 5.41) is 0. The van der Waals surface area contributed by atoms with Gasteiger partial charge in [-0.1, -0.05) is 0 Å². The van der Waals surface area contributed by atoms with E-state index in [1.165, 1.54) is 6.07 Å². The molecule has 0 aliphatic carbocycles. The number of nitrogens with two attached hydrogens (primary N) is 1. The number of amides is 1. The first-order valence-corrected chi connectivity index (χ1v) is 7.61. The molecular weight excluding hydrogens is 345 g/mol. The Hall–Kier alpha value is -3.42. The zero-order valence-electron chi connectivity index (χ0n) is 13.4. The number of hydrogen-bond acceptors (Lipinski definition) is 3. The fourth-order valence-corrected chi connectivity index (χ4v) is 2.39. The molecule has 0 saturated carbocycles. The number of carbonyl (C=O) groups is 1. The normalized spacial score (nSPS) is 11.2. The van der Waals surface area contributed by atoms with E-state index in [-0.39, 0.29) is 11.4 Å². The maximum Gasteiger partial charge on any atom is 0.418 e. The van der Waals surface area contributed by atoms with Gasteiger partial charge in [0.25, 0.3) is 5.91 Å². The van der Waals surface area contributed by atoms with Crippen molar-refractivity contribution in [3.63, 3.8) is 0 Å². The van der Waals surface area contributed by atoms with Gasteiger partial charge < -0.3 is 10.3 Å². The summed E-state index contributed by atoms with van der Waals surface area (Å²) in [5.74, 6) is -0.561. The number of anilines is 2. The number of hydrazine groups is 1. The molecule has 4 N–H and O–H groups in total. The smallest absolute Gasteiger partial charge is 0.399 e. The average Bonchev–Trinajstić information content (AvgIpc) is 3.14. The third-order valence-corrected chi connectivity index (χ3v) is 3.69. The largest absolute Gasteiger partial charge is 0.418 e. The molecule has 0 aliphatic heterocycles. The lowest BCUT2D eigenvalue weighted by atomic mass is 10.1. The SMILES string of the molecule is Nc1ccc(NNC(=O)c2ccc(-n3cccc3)cc2)c(C(F)(F)F)c1. The van der Waals surface area contributed by atoms with Crippen LogP contribution in [0.2, 0.25) is 0 Å².